The van der Waals surface area contributed by atoms with E-state index >= 15 is 0 Å². The zero-order valence-electron chi connectivity index (χ0n) is 13.6. The van der Waals surface area contributed by atoms with Gasteiger partial charge >= 0.3 is 0 Å². The van der Waals surface area contributed by atoms with Gasteiger partial charge in [-0.1, -0.05) is 12.1 Å². The second-order valence-corrected chi connectivity index (χ2v) is 6.01. The maximum absolute atomic E-state index is 14.2. The molecule has 3 rings (SSSR count). The third-order valence-electron chi connectivity index (χ3n) is 4.08. The number of aryl methyl sites for hydroxylation is 1. The smallest absolute Gasteiger partial charge is 0.196 e. The highest BCUT2D eigenvalue weighted by Gasteiger charge is 2.20. The quantitative estimate of drug-likeness (QED) is 0.759. The Balaban J connectivity index is 2.45. The molecule has 24 heavy (non-hydrogen) atoms. The fourth-order valence-electron chi connectivity index (χ4n) is 2.84. The molecule has 0 aliphatic carbocycles. The lowest BCUT2D eigenvalue weighted by atomic mass is 9.99. The third-order valence-corrected chi connectivity index (χ3v) is 4.08. The molecule has 0 aliphatic rings. The normalized spacial score (nSPS) is 12.6. The van der Waals surface area contributed by atoms with Crippen molar-refractivity contribution in [3.05, 3.63) is 68.9 Å². The highest BCUT2D eigenvalue weighted by molar-refractivity contribution is 5.84. The predicted molar refractivity (Wildman–Crippen MR) is 89.9 cm³/mol. The van der Waals surface area contributed by atoms with Crippen molar-refractivity contribution in [3.63, 3.8) is 0 Å². The van der Waals surface area contributed by atoms with Gasteiger partial charge in [-0.15, -0.1) is 0 Å². The maximum Gasteiger partial charge on any atom is 0.196 e. The van der Waals surface area contributed by atoms with Crippen molar-refractivity contribution in [2.45, 2.75) is 26.8 Å². The summed E-state index contributed by atoms with van der Waals surface area (Å²) in [6.45, 7) is 5.18. The van der Waals surface area contributed by atoms with Crippen LogP contribution in [-0.2, 0) is 0 Å². The van der Waals surface area contributed by atoms with Crippen molar-refractivity contribution >= 4 is 11.0 Å². The summed E-state index contributed by atoms with van der Waals surface area (Å²) in [4.78, 5) is 12.7. The molecule has 1 atom stereocenters. The van der Waals surface area contributed by atoms with Crippen molar-refractivity contribution in [2.75, 3.05) is 0 Å². The SMILES string of the molecule is Cc1cc(C(C)N)c2oc(-c3cccc(F)c3F)c(C)c(=O)c2c1. The van der Waals surface area contributed by atoms with Gasteiger partial charge < -0.3 is 10.2 Å². The van der Waals surface area contributed by atoms with E-state index in [0.29, 0.717) is 16.5 Å². The summed E-state index contributed by atoms with van der Waals surface area (Å²) in [5, 5.41) is 0.389. The van der Waals surface area contributed by atoms with E-state index in [1.165, 1.54) is 12.1 Å². The molecule has 2 N–H and O–H groups in total. The molecule has 0 amide bonds. The number of hydrogen-bond donors (Lipinski definition) is 1. The lowest BCUT2D eigenvalue weighted by Crippen LogP contribution is -2.12. The molecule has 0 aliphatic heterocycles. The van der Waals surface area contributed by atoms with Crippen LogP contribution in [-0.4, -0.2) is 0 Å². The largest absolute Gasteiger partial charge is 0.455 e. The van der Waals surface area contributed by atoms with Crippen LogP contribution in [0.25, 0.3) is 22.3 Å². The van der Waals surface area contributed by atoms with Crippen molar-refractivity contribution in [2.24, 2.45) is 5.73 Å². The topological polar surface area (TPSA) is 56.2 Å². The first-order chi connectivity index (χ1) is 11.3. The number of fused-ring (bicyclic) bond motifs is 1. The van der Waals surface area contributed by atoms with E-state index in [4.69, 9.17) is 10.2 Å². The molecule has 2 aromatic carbocycles. The summed E-state index contributed by atoms with van der Waals surface area (Å²) < 4.78 is 33.6. The van der Waals surface area contributed by atoms with E-state index in [0.717, 1.165) is 11.6 Å². The second-order valence-electron chi connectivity index (χ2n) is 6.01. The highest BCUT2D eigenvalue weighted by Crippen LogP contribution is 2.31. The first-order valence-electron chi connectivity index (χ1n) is 7.59. The molecule has 3 aromatic rings. The molecule has 0 spiro atoms. The van der Waals surface area contributed by atoms with E-state index in [2.05, 4.69) is 0 Å². The molecule has 0 saturated heterocycles. The molecular weight excluding hydrogens is 312 g/mol. The minimum atomic E-state index is -1.04. The Kier molecular flexibility index (Phi) is 3.97. The zero-order chi connectivity index (χ0) is 17.6. The molecule has 3 nitrogen and oxygen atoms in total. The Morgan fingerprint density at radius 2 is 1.88 bits per heavy atom. The molecular formula is C19H17F2NO2. The molecule has 1 heterocycles. The summed E-state index contributed by atoms with van der Waals surface area (Å²) in [7, 11) is 0. The zero-order valence-corrected chi connectivity index (χ0v) is 13.6. The van der Waals surface area contributed by atoms with Gasteiger partial charge in [-0.25, -0.2) is 8.78 Å². The van der Waals surface area contributed by atoms with Crippen LogP contribution in [0.4, 0.5) is 8.78 Å². The third kappa shape index (κ3) is 2.51. The van der Waals surface area contributed by atoms with Gasteiger partial charge in [0.1, 0.15) is 11.3 Å². The first-order valence-corrected chi connectivity index (χ1v) is 7.59. The van der Waals surface area contributed by atoms with Gasteiger partial charge in [0.25, 0.3) is 0 Å². The van der Waals surface area contributed by atoms with Crippen molar-refractivity contribution < 1.29 is 13.2 Å². The van der Waals surface area contributed by atoms with Crippen LogP contribution in [0.1, 0.15) is 29.7 Å². The van der Waals surface area contributed by atoms with Gasteiger partial charge in [-0.05, 0) is 44.5 Å². The van der Waals surface area contributed by atoms with E-state index in [1.54, 1.807) is 19.9 Å². The Bertz CT molecular complexity index is 1010. The predicted octanol–water partition coefficient (Wildman–Crippen LogP) is 4.37. The molecule has 5 heteroatoms. The fourth-order valence-corrected chi connectivity index (χ4v) is 2.84. The van der Waals surface area contributed by atoms with Crippen LogP contribution >= 0.6 is 0 Å². The molecule has 0 radical (unpaired) electrons. The summed E-state index contributed by atoms with van der Waals surface area (Å²) >= 11 is 0. The van der Waals surface area contributed by atoms with E-state index in [1.807, 2.05) is 13.0 Å². The van der Waals surface area contributed by atoms with E-state index < -0.39 is 11.6 Å². The highest BCUT2D eigenvalue weighted by atomic mass is 19.2. The minimum absolute atomic E-state index is 0.0234. The summed E-state index contributed by atoms with van der Waals surface area (Å²) in [6.07, 6.45) is 0. The number of rotatable bonds is 2. The van der Waals surface area contributed by atoms with Gasteiger partial charge in [0.15, 0.2) is 17.1 Å². The Morgan fingerprint density at radius 3 is 2.54 bits per heavy atom. The monoisotopic (exact) mass is 329 g/mol. The van der Waals surface area contributed by atoms with Crippen LogP contribution in [0.2, 0.25) is 0 Å². The summed E-state index contributed by atoms with van der Waals surface area (Å²) in [5.74, 6) is -2.02. The van der Waals surface area contributed by atoms with E-state index in [9.17, 15) is 13.6 Å². The van der Waals surface area contributed by atoms with Gasteiger partial charge in [0, 0.05) is 17.2 Å². The number of hydrogen-bond acceptors (Lipinski definition) is 3. The van der Waals surface area contributed by atoms with Crippen molar-refractivity contribution in [1.82, 2.24) is 0 Å². The lowest BCUT2D eigenvalue weighted by Gasteiger charge is -2.14. The summed E-state index contributed by atoms with van der Waals surface area (Å²) in [6, 6.07) is 6.95. The van der Waals surface area contributed by atoms with Gasteiger partial charge in [0.2, 0.25) is 0 Å². The van der Waals surface area contributed by atoms with Gasteiger partial charge in [-0.2, -0.15) is 0 Å². The molecule has 0 fully saturated rings. The van der Waals surface area contributed by atoms with Crippen LogP contribution in [0, 0.1) is 25.5 Å². The van der Waals surface area contributed by atoms with Crippen LogP contribution in [0.15, 0.2) is 39.5 Å². The van der Waals surface area contributed by atoms with Crippen LogP contribution in [0.5, 0.6) is 0 Å². The van der Waals surface area contributed by atoms with Crippen LogP contribution in [0.3, 0.4) is 0 Å². The molecule has 1 aromatic heterocycles. The molecule has 124 valence electrons. The maximum atomic E-state index is 14.2. The molecule has 1 unspecified atom stereocenters. The van der Waals surface area contributed by atoms with Gasteiger partial charge in [0.05, 0.1) is 10.9 Å². The molecule has 0 bridgehead atoms. The Hall–Kier alpha value is -2.53. The molecule has 0 saturated carbocycles. The lowest BCUT2D eigenvalue weighted by molar-refractivity contribution is 0.505. The Morgan fingerprint density at radius 1 is 1.17 bits per heavy atom. The van der Waals surface area contributed by atoms with Crippen molar-refractivity contribution in [1.29, 1.82) is 0 Å². The fraction of sp³-hybridized carbons (Fsp3) is 0.211. The Labute approximate surface area is 137 Å². The number of nitrogens with two attached hydrogens (primary N) is 1. The average Bonchev–Trinajstić information content (AvgIpc) is 2.53. The van der Waals surface area contributed by atoms with Crippen LogP contribution < -0.4 is 11.2 Å². The summed E-state index contributed by atoms with van der Waals surface area (Å²) in [5.41, 5.74) is 7.70. The standard InChI is InChI=1S/C19H17F2NO2/c1-9-7-13(11(3)22)19-14(8-9)17(23)10(2)18(24-19)12-5-4-6-15(20)16(12)21/h4-8,11H,22H2,1-3H3. The first kappa shape index (κ1) is 16.3. The van der Waals surface area contributed by atoms with Gasteiger partial charge in [-0.3, -0.25) is 4.79 Å². The van der Waals surface area contributed by atoms with E-state index in [-0.39, 0.29) is 28.4 Å². The number of benzene rings is 2. The second kappa shape index (κ2) is 5.83. The number of halogens is 2. The average molecular weight is 329 g/mol. The van der Waals surface area contributed by atoms with Crippen molar-refractivity contribution in [3.8, 4) is 11.3 Å². The minimum Gasteiger partial charge on any atom is -0.455 e.